The van der Waals surface area contributed by atoms with E-state index < -0.39 is 65.1 Å². The molecule has 17 heteroatoms. The van der Waals surface area contributed by atoms with Crippen LogP contribution in [0.15, 0.2) is 41.2 Å². The molecule has 0 bridgehead atoms. The Morgan fingerprint density at radius 1 is 1.02 bits per heavy atom. The van der Waals surface area contributed by atoms with Gasteiger partial charge in [-0.2, -0.15) is 0 Å². The summed E-state index contributed by atoms with van der Waals surface area (Å²) in [5, 5.41) is 26.5. The molecule has 4 heterocycles. The summed E-state index contributed by atoms with van der Waals surface area (Å²) in [6.45, 7) is 13.7. The van der Waals surface area contributed by atoms with Crippen molar-refractivity contribution in [2.75, 3.05) is 11.9 Å². The number of aliphatic hydroxyl groups is 1. The number of rotatable bonds is 13. The van der Waals surface area contributed by atoms with E-state index in [-0.39, 0.29) is 55.1 Å². The summed E-state index contributed by atoms with van der Waals surface area (Å²) < 4.78 is 28.3. The van der Waals surface area contributed by atoms with E-state index in [2.05, 4.69) is 26.6 Å². The van der Waals surface area contributed by atoms with Gasteiger partial charge in [-0.15, -0.1) is 0 Å². The second-order valence-electron chi connectivity index (χ2n) is 17.3. The molecule has 63 heavy (non-hydrogen) atoms. The highest BCUT2D eigenvalue weighted by Gasteiger charge is 2.46. The fraction of sp³-hybridized carbons (Fsp3) is 0.457. The van der Waals surface area contributed by atoms with Crippen LogP contribution in [0.5, 0.6) is 0 Å². The number of hydrogen-bond donors (Lipinski definition) is 6. The third kappa shape index (κ3) is 8.51. The summed E-state index contributed by atoms with van der Waals surface area (Å²) in [6, 6.07) is 7.44. The van der Waals surface area contributed by atoms with Crippen LogP contribution in [0.2, 0.25) is 0 Å². The summed E-state index contributed by atoms with van der Waals surface area (Å²) in [7, 11) is 0. The van der Waals surface area contributed by atoms with Crippen molar-refractivity contribution in [3.05, 3.63) is 91.5 Å². The van der Waals surface area contributed by atoms with Crippen molar-refractivity contribution < 1.29 is 42.9 Å². The van der Waals surface area contributed by atoms with Crippen LogP contribution >= 0.6 is 0 Å². The van der Waals surface area contributed by atoms with Gasteiger partial charge in [-0.05, 0) is 79.5 Å². The third-order valence-corrected chi connectivity index (χ3v) is 12.2. The van der Waals surface area contributed by atoms with Crippen molar-refractivity contribution in [1.29, 1.82) is 0 Å². The number of carbonyl (C=O) groups excluding carboxylic acids is 5. The van der Waals surface area contributed by atoms with Crippen molar-refractivity contribution in [2.24, 2.45) is 5.92 Å². The maximum Gasteiger partial charge on any atom is 0.408 e. The summed E-state index contributed by atoms with van der Waals surface area (Å²) in [6.07, 6.45) is -0.688. The number of benzene rings is 2. The van der Waals surface area contributed by atoms with E-state index in [4.69, 9.17) is 14.5 Å². The molecule has 6 N–H and O–H groups in total. The van der Waals surface area contributed by atoms with Gasteiger partial charge in [0.2, 0.25) is 17.7 Å². The summed E-state index contributed by atoms with van der Waals surface area (Å²) in [4.78, 5) is 83.2. The van der Waals surface area contributed by atoms with Crippen LogP contribution in [0, 0.1) is 18.7 Å². The van der Waals surface area contributed by atoms with Crippen molar-refractivity contribution >= 4 is 46.4 Å². The van der Waals surface area contributed by atoms with Gasteiger partial charge in [0.05, 0.1) is 35.1 Å². The van der Waals surface area contributed by atoms with Gasteiger partial charge in [-0.1, -0.05) is 46.8 Å². The van der Waals surface area contributed by atoms with Crippen LogP contribution in [0.3, 0.4) is 0 Å². The normalized spacial score (nSPS) is 18.7. The molecule has 2 aliphatic heterocycles. The molecule has 4 amide bonds. The van der Waals surface area contributed by atoms with Crippen molar-refractivity contribution in [2.45, 2.75) is 124 Å². The van der Waals surface area contributed by atoms with Crippen LogP contribution in [0.25, 0.3) is 22.3 Å². The van der Waals surface area contributed by atoms with E-state index in [0.29, 0.717) is 63.1 Å². The van der Waals surface area contributed by atoms with Crippen molar-refractivity contribution in [3.8, 4) is 11.4 Å². The van der Waals surface area contributed by atoms with Gasteiger partial charge in [0, 0.05) is 47.8 Å². The second-order valence-corrected chi connectivity index (χ2v) is 17.3. The predicted molar refractivity (Wildman–Crippen MR) is 231 cm³/mol. The van der Waals surface area contributed by atoms with Gasteiger partial charge in [0.1, 0.15) is 30.6 Å². The molecule has 0 fully saturated rings. The molecule has 7 rings (SSSR count). The first-order valence-electron chi connectivity index (χ1n) is 21.3. The Balaban J connectivity index is 1.14. The van der Waals surface area contributed by atoms with Crippen molar-refractivity contribution in [1.82, 2.24) is 30.8 Å². The molecule has 3 aliphatic rings. The highest BCUT2D eigenvalue weighted by molar-refractivity contribution is 5.98. The van der Waals surface area contributed by atoms with Gasteiger partial charge >= 0.3 is 12.1 Å². The number of esters is 1. The van der Waals surface area contributed by atoms with Crippen LogP contribution in [-0.4, -0.2) is 69.1 Å². The Labute approximate surface area is 363 Å². The number of fused-ring (bicyclic) bond motifs is 5. The molecule has 2 aromatic heterocycles. The molecule has 2 aromatic carbocycles. The maximum atomic E-state index is 15.5. The van der Waals surface area contributed by atoms with Gasteiger partial charge < -0.3 is 45.7 Å². The molecule has 1 aliphatic carbocycles. The number of carbonyl (C=O) groups is 5. The average molecular weight is 868 g/mol. The zero-order chi connectivity index (χ0) is 45.7. The molecular formula is C46H54FN7O9. The van der Waals surface area contributed by atoms with Crippen LogP contribution in [0.4, 0.5) is 14.9 Å². The van der Waals surface area contributed by atoms with Crippen LogP contribution in [0.1, 0.15) is 112 Å². The Kier molecular flexibility index (Phi) is 12.5. The fourth-order valence-corrected chi connectivity index (χ4v) is 8.73. The smallest absolute Gasteiger partial charge is 0.408 e. The Morgan fingerprint density at radius 2 is 1.73 bits per heavy atom. The second kappa shape index (κ2) is 17.5. The number of alkyl carbamates (subject to hydrolysis) is 1. The number of ether oxygens (including phenoxy) is 2. The number of pyridine rings is 2. The zero-order valence-corrected chi connectivity index (χ0v) is 36.7. The maximum absolute atomic E-state index is 15.5. The molecule has 4 aromatic rings. The number of halogens is 1. The van der Waals surface area contributed by atoms with Gasteiger partial charge in [0.25, 0.3) is 5.56 Å². The Morgan fingerprint density at radius 3 is 2.38 bits per heavy atom. The van der Waals surface area contributed by atoms with Gasteiger partial charge in [0.15, 0.2) is 5.60 Å². The van der Waals surface area contributed by atoms with E-state index in [1.807, 2.05) is 13.8 Å². The quantitative estimate of drug-likeness (QED) is 0.0900. The van der Waals surface area contributed by atoms with E-state index in [1.54, 1.807) is 65.0 Å². The lowest BCUT2D eigenvalue weighted by atomic mass is 9.81. The third-order valence-electron chi connectivity index (χ3n) is 12.2. The standard InChI is InChI=1S/C46H54FN7O9/c1-9-46(61)31-16-35-40-29(19-54(35)43(58)30(31)20-62-44(46)59)38-33(15-14-28-23(6)32(47)17-34(52-40)37(28)38)53-45(60)63-36(18-48-22(4)5)26-10-12-27(13-11-26)51-41(56)24(7)49-42(57)39(21(2)3)50-25(8)55/h10-13,16-17,21-22,24,33,36,39,48,61H,9,14-15,18-20H2,1-8H3,(H,49,57)(H,50,55)(H,51,56)(H,53,60)/t24-,33-,36?,39-,46-/m0/s1. The Hall–Kier alpha value is -6.20. The molecular weight excluding hydrogens is 814 g/mol. The summed E-state index contributed by atoms with van der Waals surface area (Å²) in [5.74, 6) is -2.79. The molecule has 5 atom stereocenters. The first kappa shape index (κ1) is 44.8. The van der Waals surface area contributed by atoms with E-state index in [9.17, 15) is 33.9 Å². The van der Waals surface area contributed by atoms with Crippen LogP contribution in [-0.2, 0) is 53.8 Å². The average Bonchev–Trinajstić information content (AvgIpc) is 3.60. The molecule has 0 saturated heterocycles. The number of aromatic nitrogens is 2. The molecule has 0 radical (unpaired) electrons. The number of aryl methyl sites for hydroxylation is 1. The summed E-state index contributed by atoms with van der Waals surface area (Å²) >= 11 is 0. The minimum absolute atomic E-state index is 0.0243. The fourth-order valence-electron chi connectivity index (χ4n) is 8.73. The molecule has 1 unspecified atom stereocenters. The van der Waals surface area contributed by atoms with Gasteiger partial charge in [-0.3, -0.25) is 19.2 Å². The number of cyclic esters (lactones) is 1. The van der Waals surface area contributed by atoms with Crippen molar-refractivity contribution in [3.63, 3.8) is 0 Å². The lowest BCUT2D eigenvalue weighted by Gasteiger charge is -2.31. The minimum atomic E-state index is -2.03. The number of nitrogens with zero attached hydrogens (tertiary/aromatic N) is 2. The lowest BCUT2D eigenvalue weighted by molar-refractivity contribution is -0.172. The largest absolute Gasteiger partial charge is 0.458 e. The number of anilines is 1. The zero-order valence-electron chi connectivity index (χ0n) is 36.7. The predicted octanol–water partition coefficient (Wildman–Crippen LogP) is 4.58. The topological polar surface area (TPSA) is 219 Å². The highest BCUT2D eigenvalue weighted by atomic mass is 19.1. The Bertz CT molecular complexity index is 2590. The SMILES string of the molecule is CC[C@@]1(O)C(=O)OCc2c1cc1n(c2=O)Cc2c-1nc1cc(F)c(C)c3c1c2[C@@H](NC(=O)OC(CNC(C)C)c1ccc(NC(=O)[C@H](C)NC(=O)[C@@H](NC(C)=O)C(C)C)cc1)CC3. The number of amides is 4. The molecule has 0 spiro atoms. The van der Waals surface area contributed by atoms with Gasteiger partial charge in [-0.25, -0.2) is 19.0 Å². The molecule has 334 valence electrons. The first-order chi connectivity index (χ1) is 29.8. The van der Waals surface area contributed by atoms with E-state index in [1.165, 1.54) is 17.6 Å². The van der Waals surface area contributed by atoms with E-state index in [0.717, 1.165) is 5.56 Å². The molecule has 16 nitrogen and oxygen atoms in total. The minimum Gasteiger partial charge on any atom is -0.458 e. The van der Waals surface area contributed by atoms with E-state index >= 15 is 4.39 Å². The number of nitrogens with one attached hydrogen (secondary N) is 5. The first-order valence-corrected chi connectivity index (χ1v) is 21.3. The molecule has 0 saturated carbocycles. The number of hydrogen-bond acceptors (Lipinski definition) is 11. The highest BCUT2D eigenvalue weighted by Crippen LogP contribution is 2.46. The summed E-state index contributed by atoms with van der Waals surface area (Å²) in [5.41, 5.74) is 2.61. The van der Waals surface area contributed by atoms with Crippen LogP contribution < -0.4 is 32.1 Å². The monoisotopic (exact) mass is 867 g/mol. The lowest BCUT2D eigenvalue weighted by Crippen LogP contribution is -2.53.